The van der Waals surface area contributed by atoms with Crippen LogP contribution in [0, 0.1) is 5.92 Å². The van der Waals surface area contributed by atoms with E-state index in [9.17, 15) is 10.0 Å². The van der Waals surface area contributed by atoms with Gasteiger partial charge in [-0.05, 0) is 49.1 Å². The fraction of sp³-hybridized carbons (Fsp3) is 0.600. The Bertz CT molecular complexity index is 511. The summed E-state index contributed by atoms with van der Waals surface area (Å²) < 4.78 is 0. The van der Waals surface area contributed by atoms with Gasteiger partial charge in [-0.1, -0.05) is 24.4 Å². The zero-order chi connectivity index (χ0) is 14.1. The van der Waals surface area contributed by atoms with Crippen LogP contribution in [0.2, 0.25) is 5.15 Å². The minimum atomic E-state index is -0.344. The number of hydrogen-bond donors (Lipinski definition) is 1. The molecule has 0 aliphatic heterocycles. The Morgan fingerprint density at radius 1 is 1.35 bits per heavy atom. The van der Waals surface area contributed by atoms with Crippen LogP contribution in [0.25, 0.3) is 0 Å². The molecule has 108 valence electrons. The van der Waals surface area contributed by atoms with Crippen molar-refractivity contribution in [3.63, 3.8) is 0 Å². The fourth-order valence-corrected chi connectivity index (χ4v) is 3.18. The zero-order valence-corrected chi connectivity index (χ0v) is 12.1. The molecular weight excluding hydrogens is 276 g/mol. The highest BCUT2D eigenvalue weighted by Gasteiger charge is 2.31. The van der Waals surface area contributed by atoms with Gasteiger partial charge in [-0.3, -0.25) is 10.0 Å². The molecule has 5 heteroatoms. The van der Waals surface area contributed by atoms with Crippen molar-refractivity contribution in [3.8, 4) is 0 Å². The quantitative estimate of drug-likeness (QED) is 0.524. The van der Waals surface area contributed by atoms with Gasteiger partial charge in [0.05, 0.1) is 12.1 Å². The molecular formula is C15H19ClN2O2. The number of nitrogens with zero attached hydrogens (tertiary/aromatic N) is 2. The molecule has 1 heterocycles. The molecule has 1 aromatic rings. The molecule has 1 N–H and O–H groups in total. The van der Waals surface area contributed by atoms with Crippen molar-refractivity contribution >= 4 is 17.5 Å². The lowest BCUT2D eigenvalue weighted by atomic mass is 10.0. The number of rotatable bonds is 4. The summed E-state index contributed by atoms with van der Waals surface area (Å²) >= 11 is 5.91. The van der Waals surface area contributed by atoms with Crippen molar-refractivity contribution in [1.29, 1.82) is 0 Å². The highest BCUT2D eigenvalue weighted by molar-refractivity contribution is 6.29. The molecule has 0 spiro atoms. The van der Waals surface area contributed by atoms with Crippen LogP contribution in [0.1, 0.15) is 60.4 Å². The Hall–Kier alpha value is -1.13. The van der Waals surface area contributed by atoms with Gasteiger partial charge in [0.15, 0.2) is 0 Å². The van der Waals surface area contributed by atoms with Crippen LogP contribution >= 0.6 is 11.6 Å². The summed E-state index contributed by atoms with van der Waals surface area (Å²) in [5.74, 6) is 0.478. The molecule has 3 rings (SSSR count). The number of carbonyl (C=O) groups excluding carboxylic acids is 1. The minimum absolute atomic E-state index is 0.344. The average Bonchev–Trinajstić information content (AvgIpc) is 3.16. The first-order valence-corrected chi connectivity index (χ1v) is 7.69. The highest BCUT2D eigenvalue weighted by atomic mass is 35.5. The molecule has 1 aromatic heterocycles. The summed E-state index contributed by atoms with van der Waals surface area (Å²) in [6.07, 6.45) is 8.24. The standard InChI is InChI=1S/C15H19ClN2O2/c16-14-7-12(11-5-6-11)13(8-17-14)15(19)18(20)9-10-3-1-2-4-10/h7-8,10-11,20H,1-6,9H2. The van der Waals surface area contributed by atoms with Gasteiger partial charge >= 0.3 is 0 Å². The molecule has 2 fully saturated rings. The number of hydrogen-bond acceptors (Lipinski definition) is 3. The van der Waals surface area contributed by atoms with Crippen molar-refractivity contribution in [3.05, 3.63) is 28.5 Å². The number of amides is 1. The van der Waals surface area contributed by atoms with Crippen molar-refractivity contribution in [2.24, 2.45) is 5.92 Å². The van der Waals surface area contributed by atoms with Crippen LogP contribution in [0.4, 0.5) is 0 Å². The molecule has 0 aromatic carbocycles. The Morgan fingerprint density at radius 2 is 2.05 bits per heavy atom. The Labute approximate surface area is 123 Å². The van der Waals surface area contributed by atoms with Gasteiger partial charge in [0.1, 0.15) is 5.15 Å². The summed E-state index contributed by atoms with van der Waals surface area (Å²) in [7, 11) is 0. The smallest absolute Gasteiger partial charge is 0.279 e. The predicted molar refractivity (Wildman–Crippen MR) is 76.0 cm³/mol. The SMILES string of the molecule is O=C(c1cnc(Cl)cc1C1CC1)N(O)CC1CCCC1. The monoisotopic (exact) mass is 294 g/mol. The third-order valence-electron chi connectivity index (χ3n) is 4.29. The lowest BCUT2D eigenvalue weighted by molar-refractivity contribution is -0.0669. The third kappa shape index (κ3) is 2.96. The molecule has 2 aliphatic rings. The second-order valence-electron chi connectivity index (χ2n) is 5.91. The topological polar surface area (TPSA) is 53.4 Å². The maximum absolute atomic E-state index is 12.4. The number of pyridine rings is 1. The first-order valence-electron chi connectivity index (χ1n) is 7.31. The van der Waals surface area contributed by atoms with Crippen molar-refractivity contribution in [2.45, 2.75) is 44.4 Å². The van der Waals surface area contributed by atoms with E-state index in [1.54, 1.807) is 6.07 Å². The number of hydroxylamine groups is 2. The van der Waals surface area contributed by atoms with E-state index in [-0.39, 0.29) is 5.91 Å². The van der Waals surface area contributed by atoms with E-state index in [1.807, 2.05) is 0 Å². The summed E-state index contributed by atoms with van der Waals surface area (Å²) in [4.78, 5) is 16.4. The largest absolute Gasteiger partial charge is 0.286 e. The molecule has 20 heavy (non-hydrogen) atoms. The van der Waals surface area contributed by atoms with Crippen LogP contribution in [0.15, 0.2) is 12.3 Å². The summed E-state index contributed by atoms with van der Waals surface area (Å²) in [5, 5.41) is 11.3. The second kappa shape index (κ2) is 5.70. The fourth-order valence-electron chi connectivity index (χ4n) is 3.01. The average molecular weight is 295 g/mol. The zero-order valence-electron chi connectivity index (χ0n) is 11.4. The van der Waals surface area contributed by atoms with Gasteiger partial charge in [0.2, 0.25) is 0 Å². The lowest BCUT2D eigenvalue weighted by Crippen LogP contribution is -2.32. The van der Waals surface area contributed by atoms with E-state index < -0.39 is 0 Å². The second-order valence-corrected chi connectivity index (χ2v) is 6.29. The van der Waals surface area contributed by atoms with Gasteiger partial charge in [0, 0.05) is 6.20 Å². The molecule has 0 bridgehead atoms. The highest BCUT2D eigenvalue weighted by Crippen LogP contribution is 2.42. The Kier molecular flexibility index (Phi) is 3.94. The molecule has 2 aliphatic carbocycles. The molecule has 0 unspecified atom stereocenters. The summed E-state index contributed by atoms with van der Waals surface area (Å²) in [5.41, 5.74) is 1.43. The van der Waals surface area contributed by atoms with Crippen LogP contribution in [-0.4, -0.2) is 27.7 Å². The van der Waals surface area contributed by atoms with Crippen LogP contribution in [0.5, 0.6) is 0 Å². The van der Waals surface area contributed by atoms with Crippen LogP contribution in [-0.2, 0) is 0 Å². The summed E-state index contributed by atoms with van der Waals surface area (Å²) in [6, 6.07) is 1.76. The Balaban J connectivity index is 1.75. The minimum Gasteiger partial charge on any atom is -0.286 e. The normalized spacial score (nSPS) is 19.3. The van der Waals surface area contributed by atoms with E-state index in [0.717, 1.165) is 36.3 Å². The molecule has 0 saturated heterocycles. The lowest BCUT2D eigenvalue weighted by Gasteiger charge is -2.20. The first kappa shape index (κ1) is 13.8. The van der Waals surface area contributed by atoms with Gasteiger partial charge in [-0.2, -0.15) is 0 Å². The molecule has 1 amide bonds. The molecule has 0 radical (unpaired) electrons. The van der Waals surface area contributed by atoms with E-state index in [2.05, 4.69) is 4.98 Å². The molecule has 2 saturated carbocycles. The van der Waals surface area contributed by atoms with Gasteiger partial charge in [-0.25, -0.2) is 10.0 Å². The molecule has 4 nitrogen and oxygen atoms in total. The van der Waals surface area contributed by atoms with Crippen molar-refractivity contribution in [2.75, 3.05) is 6.54 Å². The number of aromatic nitrogens is 1. The summed E-state index contributed by atoms with van der Waals surface area (Å²) in [6.45, 7) is 0.422. The van der Waals surface area contributed by atoms with Gasteiger partial charge in [-0.15, -0.1) is 0 Å². The first-order chi connectivity index (χ1) is 9.65. The van der Waals surface area contributed by atoms with E-state index in [0.29, 0.717) is 29.1 Å². The van der Waals surface area contributed by atoms with Crippen LogP contribution < -0.4 is 0 Å². The van der Waals surface area contributed by atoms with E-state index in [4.69, 9.17) is 11.6 Å². The maximum Gasteiger partial charge on any atom is 0.279 e. The number of carbonyl (C=O) groups is 1. The predicted octanol–water partition coefficient (Wildman–Crippen LogP) is 3.63. The Morgan fingerprint density at radius 3 is 2.70 bits per heavy atom. The van der Waals surface area contributed by atoms with E-state index in [1.165, 1.54) is 19.0 Å². The third-order valence-corrected chi connectivity index (χ3v) is 4.50. The molecule has 0 atom stereocenters. The van der Waals surface area contributed by atoms with Crippen molar-refractivity contribution in [1.82, 2.24) is 10.0 Å². The van der Waals surface area contributed by atoms with Gasteiger partial charge in [0.25, 0.3) is 5.91 Å². The van der Waals surface area contributed by atoms with E-state index >= 15 is 0 Å². The van der Waals surface area contributed by atoms with Gasteiger partial charge < -0.3 is 0 Å². The maximum atomic E-state index is 12.4. The van der Waals surface area contributed by atoms with Crippen molar-refractivity contribution < 1.29 is 10.0 Å². The van der Waals surface area contributed by atoms with Crippen LogP contribution in [0.3, 0.4) is 0 Å². The number of halogens is 1.